The average molecular weight is 816 g/mol. The highest BCUT2D eigenvalue weighted by molar-refractivity contribution is 6.24. The zero-order valence-electron chi connectivity index (χ0n) is 35.0. The number of furan rings is 1. The highest BCUT2D eigenvalue weighted by Gasteiger charge is 2.25. The van der Waals surface area contributed by atoms with E-state index >= 15 is 0 Å². The Morgan fingerprint density at radius 3 is 1.41 bits per heavy atom. The van der Waals surface area contributed by atoms with E-state index in [4.69, 9.17) is 4.42 Å². The molecule has 64 heavy (non-hydrogen) atoms. The summed E-state index contributed by atoms with van der Waals surface area (Å²) in [6.07, 6.45) is 0. The van der Waals surface area contributed by atoms with E-state index in [0.717, 1.165) is 72.0 Å². The molecule has 0 aliphatic heterocycles. The van der Waals surface area contributed by atoms with Crippen molar-refractivity contribution in [2.45, 2.75) is 0 Å². The zero-order chi connectivity index (χ0) is 42.4. The molecule has 0 saturated heterocycles. The Bertz CT molecular complexity index is 3570. The SMILES string of the molecule is c1ccc(-c2ccc(N(c3ccc4ccccc4c3)c3ccc(-c4cc(-c5ccccc5)cc(-c5ccccc5)c4)c4oc5c6ccccc6c(-c6ccccc6)cc5c34)cc2)cc1. The molecule has 300 valence electrons. The lowest BCUT2D eigenvalue weighted by molar-refractivity contribution is 0.674. The normalized spacial score (nSPS) is 11.4. The van der Waals surface area contributed by atoms with E-state index in [1.54, 1.807) is 0 Å². The lowest BCUT2D eigenvalue weighted by Crippen LogP contribution is -2.10. The van der Waals surface area contributed by atoms with Gasteiger partial charge in [0, 0.05) is 27.7 Å². The van der Waals surface area contributed by atoms with Crippen LogP contribution in [0.2, 0.25) is 0 Å². The highest BCUT2D eigenvalue weighted by atomic mass is 16.3. The number of nitrogens with zero attached hydrogens (tertiary/aromatic N) is 1. The monoisotopic (exact) mass is 815 g/mol. The third kappa shape index (κ3) is 6.61. The van der Waals surface area contributed by atoms with Crippen LogP contribution in [0, 0.1) is 0 Å². The van der Waals surface area contributed by atoms with Crippen molar-refractivity contribution >= 4 is 60.5 Å². The van der Waals surface area contributed by atoms with Gasteiger partial charge in [-0.15, -0.1) is 0 Å². The van der Waals surface area contributed by atoms with E-state index in [1.165, 1.54) is 44.2 Å². The maximum atomic E-state index is 7.42. The first kappa shape index (κ1) is 37.3. The number of fused-ring (bicyclic) bond motifs is 6. The van der Waals surface area contributed by atoms with E-state index < -0.39 is 0 Å². The summed E-state index contributed by atoms with van der Waals surface area (Å²) in [5.41, 5.74) is 16.3. The molecule has 0 fully saturated rings. The Balaban J connectivity index is 1.18. The third-order valence-electron chi connectivity index (χ3n) is 12.6. The number of rotatable bonds is 8. The Morgan fingerprint density at radius 1 is 0.266 bits per heavy atom. The van der Waals surface area contributed by atoms with Crippen LogP contribution in [0.15, 0.2) is 253 Å². The van der Waals surface area contributed by atoms with Gasteiger partial charge in [0.1, 0.15) is 11.2 Å². The fourth-order valence-electron chi connectivity index (χ4n) is 9.51. The predicted octanol–water partition coefficient (Wildman–Crippen LogP) is 17.7. The van der Waals surface area contributed by atoms with E-state index in [9.17, 15) is 0 Å². The van der Waals surface area contributed by atoms with Crippen molar-refractivity contribution in [2.24, 2.45) is 0 Å². The van der Waals surface area contributed by atoms with Gasteiger partial charge in [0.05, 0.1) is 11.1 Å². The molecule has 2 heteroatoms. The maximum absolute atomic E-state index is 7.42. The van der Waals surface area contributed by atoms with Crippen molar-refractivity contribution in [2.75, 3.05) is 4.90 Å². The van der Waals surface area contributed by atoms with Crippen LogP contribution < -0.4 is 4.90 Å². The molecular formula is C62H41NO. The summed E-state index contributed by atoms with van der Waals surface area (Å²) in [5, 5.41) is 6.74. The van der Waals surface area contributed by atoms with Gasteiger partial charge in [-0.05, 0) is 127 Å². The van der Waals surface area contributed by atoms with E-state index in [0.29, 0.717) is 0 Å². The Labute approximate surface area is 372 Å². The number of anilines is 3. The second-order valence-electron chi connectivity index (χ2n) is 16.5. The quantitative estimate of drug-likeness (QED) is 0.152. The summed E-state index contributed by atoms with van der Waals surface area (Å²) < 4.78 is 7.42. The minimum Gasteiger partial charge on any atom is -0.455 e. The second-order valence-corrected chi connectivity index (χ2v) is 16.5. The minimum atomic E-state index is 0.846. The molecule has 0 saturated carbocycles. The summed E-state index contributed by atoms with van der Waals surface area (Å²) in [5.74, 6) is 0. The van der Waals surface area contributed by atoms with E-state index in [-0.39, 0.29) is 0 Å². The molecule has 0 aliphatic carbocycles. The van der Waals surface area contributed by atoms with Crippen molar-refractivity contribution in [3.63, 3.8) is 0 Å². The Hall–Kier alpha value is -8.46. The molecule has 2 nitrogen and oxygen atoms in total. The molecule has 0 unspecified atom stereocenters. The van der Waals surface area contributed by atoms with E-state index in [1.807, 2.05) is 0 Å². The fourth-order valence-corrected chi connectivity index (χ4v) is 9.51. The third-order valence-corrected chi connectivity index (χ3v) is 12.6. The molecule has 1 heterocycles. The Morgan fingerprint density at radius 2 is 0.766 bits per heavy atom. The molecule has 0 N–H and O–H groups in total. The summed E-state index contributed by atoms with van der Waals surface area (Å²) in [6, 6.07) is 89.6. The van der Waals surface area contributed by atoms with Gasteiger partial charge in [-0.25, -0.2) is 0 Å². The van der Waals surface area contributed by atoms with Crippen molar-refractivity contribution in [1.82, 2.24) is 0 Å². The van der Waals surface area contributed by atoms with Crippen LogP contribution in [-0.2, 0) is 0 Å². The van der Waals surface area contributed by atoms with Gasteiger partial charge >= 0.3 is 0 Å². The van der Waals surface area contributed by atoms with Gasteiger partial charge in [-0.1, -0.05) is 188 Å². The summed E-state index contributed by atoms with van der Waals surface area (Å²) in [6.45, 7) is 0. The second kappa shape index (κ2) is 15.8. The van der Waals surface area contributed by atoms with Gasteiger partial charge < -0.3 is 9.32 Å². The predicted molar refractivity (Wildman–Crippen MR) is 271 cm³/mol. The molecule has 12 aromatic rings. The van der Waals surface area contributed by atoms with Gasteiger partial charge in [0.2, 0.25) is 0 Å². The summed E-state index contributed by atoms with van der Waals surface area (Å²) >= 11 is 0. The average Bonchev–Trinajstić information content (AvgIpc) is 3.77. The first-order valence-electron chi connectivity index (χ1n) is 21.9. The van der Waals surface area contributed by atoms with Gasteiger partial charge in [-0.3, -0.25) is 0 Å². The molecule has 0 radical (unpaired) electrons. The number of hydrogen-bond acceptors (Lipinski definition) is 2. The lowest BCUT2D eigenvalue weighted by atomic mass is 9.91. The van der Waals surface area contributed by atoms with Crippen LogP contribution in [0.1, 0.15) is 0 Å². The molecule has 0 spiro atoms. The van der Waals surface area contributed by atoms with E-state index in [2.05, 4.69) is 254 Å². The molecule has 0 aliphatic rings. The first-order chi connectivity index (χ1) is 31.7. The molecule has 0 bridgehead atoms. The van der Waals surface area contributed by atoms with Crippen LogP contribution in [0.5, 0.6) is 0 Å². The highest BCUT2D eigenvalue weighted by Crippen LogP contribution is 2.50. The summed E-state index contributed by atoms with van der Waals surface area (Å²) in [7, 11) is 0. The fraction of sp³-hybridized carbons (Fsp3) is 0. The van der Waals surface area contributed by atoms with Crippen LogP contribution in [0.4, 0.5) is 17.1 Å². The minimum absolute atomic E-state index is 0.846. The molecular weight excluding hydrogens is 775 g/mol. The van der Waals surface area contributed by atoms with Crippen molar-refractivity contribution < 1.29 is 4.42 Å². The van der Waals surface area contributed by atoms with Crippen molar-refractivity contribution in [3.05, 3.63) is 249 Å². The van der Waals surface area contributed by atoms with Gasteiger partial charge in [0.15, 0.2) is 0 Å². The topological polar surface area (TPSA) is 16.4 Å². The van der Waals surface area contributed by atoms with Crippen molar-refractivity contribution in [1.29, 1.82) is 0 Å². The molecule has 0 amide bonds. The smallest absolute Gasteiger partial charge is 0.145 e. The molecule has 0 atom stereocenters. The molecule has 11 aromatic carbocycles. The van der Waals surface area contributed by atoms with Gasteiger partial charge in [-0.2, -0.15) is 0 Å². The Kier molecular flexibility index (Phi) is 9.20. The number of benzene rings is 11. The summed E-state index contributed by atoms with van der Waals surface area (Å²) in [4.78, 5) is 2.41. The first-order valence-corrected chi connectivity index (χ1v) is 21.9. The van der Waals surface area contributed by atoms with Crippen LogP contribution in [0.25, 0.3) is 99.1 Å². The molecule has 12 rings (SSSR count). The van der Waals surface area contributed by atoms with Crippen molar-refractivity contribution in [3.8, 4) is 55.6 Å². The molecule has 1 aromatic heterocycles. The van der Waals surface area contributed by atoms with Crippen LogP contribution in [-0.4, -0.2) is 0 Å². The maximum Gasteiger partial charge on any atom is 0.145 e. The van der Waals surface area contributed by atoms with Crippen LogP contribution in [0.3, 0.4) is 0 Å². The number of hydrogen-bond donors (Lipinski definition) is 0. The van der Waals surface area contributed by atoms with Crippen LogP contribution >= 0.6 is 0 Å². The lowest BCUT2D eigenvalue weighted by Gasteiger charge is -2.27. The van der Waals surface area contributed by atoms with Gasteiger partial charge in [0.25, 0.3) is 0 Å². The standard InChI is InChI=1S/C62H41NO/c1-5-17-42(18-6-1)46-29-32-52(33-30-46)63(53-34-31-45-23-13-14-26-48(45)40-53)59-36-35-54(51-38-49(43-19-7-2-8-20-43)37-50(39-51)44-21-9-3-10-22-44)62-60(59)58-41-57(47-24-11-4-12-25-47)55-27-15-16-28-56(55)61(58)64-62/h1-41H. The zero-order valence-corrected chi connectivity index (χ0v) is 35.0. The largest absolute Gasteiger partial charge is 0.455 e.